The summed E-state index contributed by atoms with van der Waals surface area (Å²) in [6, 6.07) is 4.69. The van der Waals surface area contributed by atoms with Crippen molar-refractivity contribution in [2.75, 3.05) is 6.54 Å². The smallest absolute Gasteiger partial charge is 0.249 e. The number of nitrogens with zero attached hydrogens (tertiary/aromatic N) is 2. The van der Waals surface area contributed by atoms with Gasteiger partial charge in [0, 0.05) is 0 Å². The first kappa shape index (κ1) is 12.2. The van der Waals surface area contributed by atoms with Crippen LogP contribution in [-0.4, -0.2) is 16.7 Å². The number of halogens is 2. The summed E-state index contributed by atoms with van der Waals surface area (Å²) in [4.78, 5) is 0. The van der Waals surface area contributed by atoms with E-state index in [1.54, 1.807) is 12.1 Å². The van der Waals surface area contributed by atoms with Crippen LogP contribution in [-0.2, 0) is 6.54 Å². The Balaban J connectivity index is 2.27. The standard InChI is InChI=1S/C11H11BrFN3O/c1-2-14-6-9-15-16-11(17-9)7-4-3-5-8(13)10(7)12/h3-5,14H,2,6H2,1H3. The molecular weight excluding hydrogens is 289 g/mol. The second-order valence-corrected chi connectivity index (χ2v) is 4.18. The molecular formula is C11H11BrFN3O. The van der Waals surface area contributed by atoms with Crippen molar-refractivity contribution in [1.29, 1.82) is 0 Å². The van der Waals surface area contributed by atoms with Gasteiger partial charge in [0.15, 0.2) is 0 Å². The molecule has 0 fully saturated rings. The van der Waals surface area contributed by atoms with Crippen LogP contribution in [0.4, 0.5) is 4.39 Å². The first-order chi connectivity index (χ1) is 8.22. The van der Waals surface area contributed by atoms with E-state index in [9.17, 15) is 4.39 Å². The first-order valence-electron chi connectivity index (χ1n) is 5.20. The normalized spacial score (nSPS) is 10.8. The minimum absolute atomic E-state index is 0.310. The maximum absolute atomic E-state index is 13.3. The average molecular weight is 300 g/mol. The highest BCUT2D eigenvalue weighted by atomic mass is 79.9. The van der Waals surface area contributed by atoms with Crippen molar-refractivity contribution in [1.82, 2.24) is 15.5 Å². The van der Waals surface area contributed by atoms with Gasteiger partial charge >= 0.3 is 0 Å². The highest BCUT2D eigenvalue weighted by Crippen LogP contribution is 2.29. The molecule has 0 aliphatic rings. The van der Waals surface area contributed by atoms with Crippen molar-refractivity contribution in [2.45, 2.75) is 13.5 Å². The Morgan fingerprint density at radius 3 is 3.00 bits per heavy atom. The molecule has 0 saturated carbocycles. The van der Waals surface area contributed by atoms with Crippen molar-refractivity contribution in [2.24, 2.45) is 0 Å². The second-order valence-electron chi connectivity index (χ2n) is 3.38. The number of aromatic nitrogens is 2. The van der Waals surface area contributed by atoms with Gasteiger partial charge < -0.3 is 9.73 Å². The molecule has 0 radical (unpaired) electrons. The monoisotopic (exact) mass is 299 g/mol. The number of rotatable bonds is 4. The van der Waals surface area contributed by atoms with Gasteiger partial charge in [0.2, 0.25) is 11.8 Å². The lowest BCUT2D eigenvalue weighted by Crippen LogP contribution is -2.11. The Bertz CT molecular complexity index is 515. The highest BCUT2D eigenvalue weighted by molar-refractivity contribution is 9.10. The van der Waals surface area contributed by atoms with Crippen molar-refractivity contribution in [3.05, 3.63) is 34.4 Å². The van der Waals surface area contributed by atoms with E-state index in [2.05, 4.69) is 31.4 Å². The maximum atomic E-state index is 13.3. The van der Waals surface area contributed by atoms with Crippen LogP contribution in [0.2, 0.25) is 0 Å². The topological polar surface area (TPSA) is 51.0 Å². The predicted molar refractivity (Wildman–Crippen MR) is 64.8 cm³/mol. The molecule has 17 heavy (non-hydrogen) atoms. The largest absolute Gasteiger partial charge is 0.419 e. The van der Waals surface area contributed by atoms with Crippen LogP contribution in [0.15, 0.2) is 27.1 Å². The van der Waals surface area contributed by atoms with Crippen LogP contribution in [0.5, 0.6) is 0 Å². The van der Waals surface area contributed by atoms with Crippen LogP contribution in [0, 0.1) is 5.82 Å². The van der Waals surface area contributed by atoms with Gasteiger partial charge in [-0.3, -0.25) is 0 Å². The van der Waals surface area contributed by atoms with Gasteiger partial charge in [0.1, 0.15) is 5.82 Å². The number of hydrogen-bond acceptors (Lipinski definition) is 4. The van der Waals surface area contributed by atoms with Crippen molar-refractivity contribution < 1.29 is 8.81 Å². The van der Waals surface area contributed by atoms with Gasteiger partial charge in [-0.2, -0.15) is 0 Å². The number of benzene rings is 1. The summed E-state index contributed by atoms with van der Waals surface area (Å²) >= 11 is 3.16. The molecule has 0 aliphatic heterocycles. The third kappa shape index (κ3) is 2.70. The molecule has 1 aromatic carbocycles. The molecule has 0 unspecified atom stereocenters. The number of nitrogens with one attached hydrogen (secondary N) is 1. The van der Waals surface area contributed by atoms with Crippen LogP contribution in [0.25, 0.3) is 11.5 Å². The van der Waals surface area contributed by atoms with E-state index >= 15 is 0 Å². The van der Waals surface area contributed by atoms with Gasteiger partial charge in [-0.25, -0.2) is 4.39 Å². The second kappa shape index (κ2) is 5.37. The molecule has 90 valence electrons. The van der Waals surface area contributed by atoms with E-state index in [0.29, 0.717) is 28.4 Å². The highest BCUT2D eigenvalue weighted by Gasteiger charge is 2.13. The van der Waals surface area contributed by atoms with Crippen molar-refractivity contribution >= 4 is 15.9 Å². The third-order valence-electron chi connectivity index (χ3n) is 2.18. The summed E-state index contributed by atoms with van der Waals surface area (Å²) < 4.78 is 19.1. The molecule has 1 N–H and O–H groups in total. The van der Waals surface area contributed by atoms with Crippen LogP contribution < -0.4 is 5.32 Å². The summed E-state index contributed by atoms with van der Waals surface area (Å²) in [6.45, 7) is 3.32. The molecule has 0 amide bonds. The molecule has 0 spiro atoms. The van der Waals surface area contributed by atoms with Crippen LogP contribution >= 0.6 is 15.9 Å². The maximum Gasteiger partial charge on any atom is 0.249 e. The van der Waals surface area contributed by atoms with Gasteiger partial charge in [-0.15, -0.1) is 10.2 Å². The Kier molecular flexibility index (Phi) is 3.86. The van der Waals surface area contributed by atoms with Gasteiger partial charge in [0.05, 0.1) is 16.6 Å². The van der Waals surface area contributed by atoms with E-state index in [4.69, 9.17) is 4.42 Å². The summed E-state index contributed by atoms with van der Waals surface area (Å²) in [5.41, 5.74) is 0.556. The summed E-state index contributed by atoms with van der Waals surface area (Å²) in [5, 5.41) is 10.8. The van der Waals surface area contributed by atoms with Gasteiger partial charge in [0.25, 0.3) is 0 Å². The quantitative estimate of drug-likeness (QED) is 0.943. The lowest BCUT2D eigenvalue weighted by molar-refractivity contribution is 0.481. The molecule has 6 heteroatoms. The fraction of sp³-hybridized carbons (Fsp3) is 0.273. The SMILES string of the molecule is CCNCc1nnc(-c2cccc(F)c2Br)o1. The minimum atomic E-state index is -0.353. The van der Waals surface area contributed by atoms with E-state index < -0.39 is 0 Å². The molecule has 0 aliphatic carbocycles. The molecule has 0 bridgehead atoms. The van der Waals surface area contributed by atoms with E-state index in [1.807, 2.05) is 6.92 Å². The zero-order valence-electron chi connectivity index (χ0n) is 9.20. The zero-order chi connectivity index (χ0) is 12.3. The molecule has 2 rings (SSSR count). The third-order valence-corrected chi connectivity index (χ3v) is 2.98. The van der Waals surface area contributed by atoms with Gasteiger partial charge in [-0.1, -0.05) is 13.0 Å². The van der Waals surface area contributed by atoms with E-state index in [1.165, 1.54) is 6.07 Å². The van der Waals surface area contributed by atoms with Gasteiger partial charge in [-0.05, 0) is 34.6 Å². The number of hydrogen-bond donors (Lipinski definition) is 1. The summed E-state index contributed by atoms with van der Waals surface area (Å²) in [5.74, 6) is 0.441. The Labute approximate surface area is 106 Å². The van der Waals surface area contributed by atoms with E-state index in [0.717, 1.165) is 6.54 Å². The zero-order valence-corrected chi connectivity index (χ0v) is 10.8. The van der Waals surface area contributed by atoms with E-state index in [-0.39, 0.29) is 5.82 Å². The lowest BCUT2D eigenvalue weighted by Gasteiger charge is -1.99. The predicted octanol–water partition coefficient (Wildman–Crippen LogP) is 2.75. The molecule has 1 aromatic heterocycles. The van der Waals surface area contributed by atoms with Crippen molar-refractivity contribution in [3.63, 3.8) is 0 Å². The van der Waals surface area contributed by atoms with Crippen LogP contribution in [0.3, 0.4) is 0 Å². The summed E-state index contributed by atoms with van der Waals surface area (Å²) in [7, 11) is 0. The fourth-order valence-corrected chi connectivity index (χ4v) is 1.77. The molecule has 1 heterocycles. The Hall–Kier alpha value is -1.27. The Morgan fingerprint density at radius 1 is 1.41 bits per heavy atom. The first-order valence-corrected chi connectivity index (χ1v) is 5.99. The fourth-order valence-electron chi connectivity index (χ4n) is 1.33. The molecule has 4 nitrogen and oxygen atoms in total. The average Bonchev–Trinajstić information content (AvgIpc) is 2.78. The Morgan fingerprint density at radius 2 is 2.24 bits per heavy atom. The minimum Gasteiger partial charge on any atom is -0.419 e. The van der Waals surface area contributed by atoms with Crippen molar-refractivity contribution in [3.8, 4) is 11.5 Å². The molecule has 2 aromatic rings. The van der Waals surface area contributed by atoms with Crippen LogP contribution in [0.1, 0.15) is 12.8 Å². The summed E-state index contributed by atoms with van der Waals surface area (Å²) in [6.07, 6.45) is 0. The molecule has 0 saturated heterocycles. The lowest BCUT2D eigenvalue weighted by atomic mass is 10.2. The molecule has 0 atom stereocenters.